The maximum Gasteiger partial charge on any atom is 0.304 e. The standard InChI is InChI=1S/C30H26ClN3O2S/c31-22-9-10-28-25(17-22)32-29(37-28)11-8-20-4-3-5-21(16-20)18-34-26-7-2-1-6-23(26)24-19-33(14-12-27(24)34)15-13-30(35)36/h1-11,16-17H,12-15,18-19H2,(H,35,36)/b11-8+. The quantitative estimate of drug-likeness (QED) is 0.248. The van der Waals surface area contributed by atoms with E-state index >= 15 is 0 Å². The summed E-state index contributed by atoms with van der Waals surface area (Å²) in [4.78, 5) is 18.0. The normalized spacial score (nSPS) is 14.1. The number of hydrogen-bond donors (Lipinski definition) is 1. The van der Waals surface area contributed by atoms with Gasteiger partial charge in [-0.05, 0) is 53.1 Å². The first kappa shape index (κ1) is 23.9. The van der Waals surface area contributed by atoms with Crippen LogP contribution in [0.15, 0.2) is 66.7 Å². The van der Waals surface area contributed by atoms with Crippen molar-refractivity contribution in [3.05, 3.63) is 99.1 Å². The van der Waals surface area contributed by atoms with E-state index in [0.29, 0.717) is 11.6 Å². The fraction of sp³-hybridized carbons (Fsp3) is 0.200. The fourth-order valence-corrected chi connectivity index (χ4v) is 6.23. The number of fused-ring (bicyclic) bond motifs is 4. The Morgan fingerprint density at radius 2 is 1.97 bits per heavy atom. The van der Waals surface area contributed by atoms with Crippen LogP contribution in [0, 0.1) is 0 Å². The zero-order chi connectivity index (χ0) is 25.4. The molecule has 0 aliphatic carbocycles. The predicted octanol–water partition coefficient (Wildman–Crippen LogP) is 6.96. The van der Waals surface area contributed by atoms with E-state index in [0.717, 1.165) is 46.8 Å². The van der Waals surface area contributed by atoms with Gasteiger partial charge in [0.1, 0.15) is 5.01 Å². The lowest BCUT2D eigenvalue weighted by molar-refractivity contribution is -0.137. The van der Waals surface area contributed by atoms with Gasteiger partial charge in [0.05, 0.1) is 16.6 Å². The van der Waals surface area contributed by atoms with E-state index in [4.69, 9.17) is 16.7 Å². The first-order valence-electron chi connectivity index (χ1n) is 12.4. The highest BCUT2D eigenvalue weighted by Gasteiger charge is 2.24. The summed E-state index contributed by atoms with van der Waals surface area (Å²) in [6, 6.07) is 23.0. The van der Waals surface area contributed by atoms with Crippen LogP contribution < -0.4 is 0 Å². The summed E-state index contributed by atoms with van der Waals surface area (Å²) in [7, 11) is 0. The van der Waals surface area contributed by atoms with Crippen LogP contribution in [0.25, 0.3) is 33.3 Å². The Morgan fingerprint density at radius 1 is 1.08 bits per heavy atom. The molecule has 5 nitrogen and oxygen atoms in total. The van der Waals surface area contributed by atoms with Crippen LogP contribution in [0.2, 0.25) is 5.02 Å². The zero-order valence-electron chi connectivity index (χ0n) is 20.2. The number of nitrogens with zero attached hydrogens (tertiary/aromatic N) is 3. The highest BCUT2D eigenvalue weighted by molar-refractivity contribution is 7.19. The highest BCUT2D eigenvalue weighted by atomic mass is 35.5. The predicted molar refractivity (Wildman–Crippen MR) is 152 cm³/mol. The summed E-state index contributed by atoms with van der Waals surface area (Å²) in [5, 5.41) is 12.0. The number of carbonyl (C=O) groups is 1. The monoisotopic (exact) mass is 527 g/mol. The molecule has 186 valence electrons. The van der Waals surface area contributed by atoms with E-state index in [-0.39, 0.29) is 6.42 Å². The molecule has 7 heteroatoms. The Hall–Kier alpha value is -3.45. The van der Waals surface area contributed by atoms with Crippen molar-refractivity contribution in [2.45, 2.75) is 25.9 Å². The third-order valence-corrected chi connectivity index (χ3v) is 8.20. The highest BCUT2D eigenvalue weighted by Crippen LogP contribution is 2.32. The third kappa shape index (κ3) is 5.05. The average Bonchev–Trinajstić information content (AvgIpc) is 3.45. The van der Waals surface area contributed by atoms with Crippen LogP contribution >= 0.6 is 22.9 Å². The van der Waals surface area contributed by atoms with Crippen molar-refractivity contribution in [3.8, 4) is 0 Å². The summed E-state index contributed by atoms with van der Waals surface area (Å²) in [6.45, 7) is 3.07. The number of para-hydroxylation sites is 1. The molecular formula is C30H26ClN3O2S. The molecule has 0 amide bonds. The Bertz CT molecular complexity index is 1650. The smallest absolute Gasteiger partial charge is 0.304 e. The number of rotatable bonds is 7. The number of carboxylic acid groups (broad SMARTS) is 1. The molecule has 0 saturated carbocycles. The number of hydrogen-bond acceptors (Lipinski definition) is 4. The molecule has 1 N–H and O–H groups in total. The van der Waals surface area contributed by atoms with E-state index in [1.807, 2.05) is 18.2 Å². The Labute approximate surface area is 224 Å². The van der Waals surface area contributed by atoms with Crippen LogP contribution in [-0.2, 0) is 24.3 Å². The van der Waals surface area contributed by atoms with Gasteiger partial charge in [0.25, 0.3) is 0 Å². The molecule has 2 aromatic heterocycles. The molecule has 0 fully saturated rings. The first-order chi connectivity index (χ1) is 18.0. The summed E-state index contributed by atoms with van der Waals surface area (Å²) in [5.41, 5.74) is 7.24. The van der Waals surface area contributed by atoms with Gasteiger partial charge in [-0.25, -0.2) is 4.98 Å². The van der Waals surface area contributed by atoms with Crippen LogP contribution in [0.4, 0.5) is 0 Å². The second-order valence-electron chi connectivity index (χ2n) is 9.44. The summed E-state index contributed by atoms with van der Waals surface area (Å²) in [6.07, 6.45) is 5.28. The molecule has 37 heavy (non-hydrogen) atoms. The van der Waals surface area contributed by atoms with Gasteiger partial charge in [0.15, 0.2) is 0 Å². The average molecular weight is 528 g/mol. The number of thiazole rings is 1. The molecule has 0 spiro atoms. The molecular weight excluding hydrogens is 502 g/mol. The molecule has 3 heterocycles. The van der Waals surface area contributed by atoms with Crippen LogP contribution in [0.1, 0.15) is 33.8 Å². The number of halogens is 1. The van der Waals surface area contributed by atoms with Gasteiger partial charge >= 0.3 is 5.97 Å². The van der Waals surface area contributed by atoms with Crippen LogP contribution in [0.5, 0.6) is 0 Å². The number of carboxylic acids is 1. The largest absolute Gasteiger partial charge is 0.481 e. The van der Waals surface area contributed by atoms with E-state index < -0.39 is 5.97 Å². The van der Waals surface area contributed by atoms with E-state index in [1.165, 1.54) is 27.7 Å². The Morgan fingerprint density at radius 3 is 2.86 bits per heavy atom. The Kier molecular flexibility index (Phi) is 6.55. The zero-order valence-corrected chi connectivity index (χ0v) is 21.8. The lowest BCUT2D eigenvalue weighted by atomic mass is 10.0. The van der Waals surface area contributed by atoms with Gasteiger partial charge in [0, 0.05) is 54.2 Å². The maximum atomic E-state index is 11.1. The second kappa shape index (κ2) is 10.1. The van der Waals surface area contributed by atoms with Crippen molar-refractivity contribution in [3.63, 3.8) is 0 Å². The van der Waals surface area contributed by atoms with Gasteiger partial charge in [0.2, 0.25) is 0 Å². The topological polar surface area (TPSA) is 58.4 Å². The minimum atomic E-state index is -0.741. The third-order valence-electron chi connectivity index (χ3n) is 6.96. The minimum absolute atomic E-state index is 0.180. The molecule has 0 unspecified atom stereocenters. The van der Waals surface area contributed by atoms with Crippen molar-refractivity contribution < 1.29 is 9.90 Å². The lowest BCUT2D eigenvalue weighted by Gasteiger charge is -2.27. The molecule has 1 aliphatic rings. The molecule has 5 aromatic rings. The van der Waals surface area contributed by atoms with Gasteiger partial charge in [-0.3, -0.25) is 9.69 Å². The van der Waals surface area contributed by atoms with Crippen molar-refractivity contribution in [1.29, 1.82) is 0 Å². The van der Waals surface area contributed by atoms with Gasteiger partial charge in [-0.2, -0.15) is 0 Å². The minimum Gasteiger partial charge on any atom is -0.481 e. The maximum absolute atomic E-state index is 11.1. The Balaban J connectivity index is 1.26. The van der Waals surface area contributed by atoms with Crippen molar-refractivity contribution >= 4 is 62.2 Å². The number of aliphatic carboxylic acids is 1. The van der Waals surface area contributed by atoms with E-state index in [2.05, 4.69) is 75.1 Å². The van der Waals surface area contributed by atoms with Crippen molar-refractivity contribution in [2.75, 3.05) is 13.1 Å². The SMILES string of the molecule is O=C(O)CCN1CCc2c(c3ccccc3n2Cc2cccc(/C=C/c3nc4cc(Cl)ccc4s3)c2)C1. The van der Waals surface area contributed by atoms with Crippen LogP contribution in [0.3, 0.4) is 0 Å². The summed E-state index contributed by atoms with van der Waals surface area (Å²) in [5.74, 6) is -0.741. The first-order valence-corrected chi connectivity index (χ1v) is 13.6. The summed E-state index contributed by atoms with van der Waals surface area (Å²) >= 11 is 7.77. The molecule has 6 rings (SSSR count). The molecule has 3 aromatic carbocycles. The number of aromatic nitrogens is 2. The van der Waals surface area contributed by atoms with E-state index in [1.54, 1.807) is 11.3 Å². The molecule has 0 radical (unpaired) electrons. The molecule has 1 aliphatic heterocycles. The number of benzene rings is 3. The van der Waals surface area contributed by atoms with Crippen molar-refractivity contribution in [1.82, 2.24) is 14.5 Å². The van der Waals surface area contributed by atoms with Crippen molar-refractivity contribution in [2.24, 2.45) is 0 Å². The van der Waals surface area contributed by atoms with Gasteiger partial charge in [-0.1, -0.05) is 54.1 Å². The van der Waals surface area contributed by atoms with Crippen LogP contribution in [-0.4, -0.2) is 38.6 Å². The second-order valence-corrected chi connectivity index (χ2v) is 10.9. The molecule has 0 atom stereocenters. The van der Waals surface area contributed by atoms with Gasteiger partial charge in [-0.15, -0.1) is 11.3 Å². The molecule has 0 bridgehead atoms. The lowest BCUT2D eigenvalue weighted by Crippen LogP contribution is -2.32. The summed E-state index contributed by atoms with van der Waals surface area (Å²) < 4.78 is 3.57. The molecule has 0 saturated heterocycles. The van der Waals surface area contributed by atoms with E-state index in [9.17, 15) is 4.79 Å². The van der Waals surface area contributed by atoms with Gasteiger partial charge < -0.3 is 9.67 Å². The fourth-order valence-electron chi connectivity index (χ4n) is 5.22.